The van der Waals surface area contributed by atoms with E-state index in [1.165, 1.54) is 42.5 Å². The number of pyridine rings is 2. The van der Waals surface area contributed by atoms with Gasteiger partial charge < -0.3 is 15.7 Å². The zero-order valence-electron chi connectivity index (χ0n) is 18.2. The molecule has 2 amide bonds. The van der Waals surface area contributed by atoms with E-state index in [0.717, 1.165) is 28.2 Å². The molecule has 10 nitrogen and oxygen atoms in total. The average Bonchev–Trinajstić information content (AvgIpc) is 3.25. The number of hydrogen-bond donors (Lipinski definition) is 4. The van der Waals surface area contributed by atoms with Gasteiger partial charge in [0.1, 0.15) is 16.6 Å². The molecule has 0 atom stereocenters. The van der Waals surface area contributed by atoms with Gasteiger partial charge in [0.15, 0.2) is 0 Å². The molecule has 0 aliphatic rings. The minimum atomic E-state index is -4.43. The van der Waals surface area contributed by atoms with Crippen molar-refractivity contribution in [2.75, 3.05) is 17.2 Å². The Morgan fingerprint density at radius 2 is 1.84 bits per heavy atom. The lowest BCUT2D eigenvalue weighted by Crippen LogP contribution is -2.34. The van der Waals surface area contributed by atoms with Crippen molar-refractivity contribution < 1.29 is 31.5 Å². The Labute approximate surface area is 215 Å². The first-order valence-electron chi connectivity index (χ1n) is 10.1. The van der Waals surface area contributed by atoms with Crippen LogP contribution in [-0.2, 0) is 10.0 Å². The molecule has 0 unspecified atom stereocenters. The molecule has 0 spiro atoms. The molecule has 4 rings (SSSR count). The van der Waals surface area contributed by atoms with Crippen molar-refractivity contribution in [3.63, 3.8) is 0 Å². The van der Waals surface area contributed by atoms with E-state index in [1.807, 2.05) is 4.72 Å². The lowest BCUT2D eigenvalue weighted by molar-refractivity contribution is -0.115. The van der Waals surface area contributed by atoms with Crippen molar-refractivity contribution in [1.82, 2.24) is 14.3 Å². The van der Waals surface area contributed by atoms with Gasteiger partial charge in [0.05, 0.1) is 16.2 Å². The quantitative estimate of drug-likeness (QED) is 0.269. The molecule has 1 aromatic carbocycles. The molecule has 3 aromatic heterocycles. The van der Waals surface area contributed by atoms with Gasteiger partial charge >= 0.3 is 12.2 Å². The lowest BCUT2D eigenvalue weighted by atomic mass is 10.1. The van der Waals surface area contributed by atoms with Crippen LogP contribution in [0.4, 0.5) is 29.3 Å². The predicted octanol–water partition coefficient (Wildman–Crippen LogP) is 4.29. The molecule has 0 saturated heterocycles. The third kappa shape index (κ3) is 6.12. The second-order valence-electron chi connectivity index (χ2n) is 7.44. The normalized spacial score (nSPS) is 11.9. The van der Waals surface area contributed by atoms with Crippen LogP contribution in [0.3, 0.4) is 0 Å². The van der Waals surface area contributed by atoms with Crippen molar-refractivity contribution >= 4 is 61.1 Å². The largest absolute Gasteiger partial charge is 0.494 e. The number of carbonyl (C=O) groups excluding carboxylic acids is 1. The second kappa shape index (κ2) is 9.91. The molecule has 194 valence electrons. The first-order chi connectivity index (χ1) is 17.3. The molecule has 16 heteroatoms. The molecule has 0 aliphatic carbocycles. The Hall–Kier alpha value is -3.82. The molecule has 0 bridgehead atoms. The maximum Gasteiger partial charge on any atom is 0.405 e. The van der Waals surface area contributed by atoms with E-state index in [2.05, 4.69) is 15.6 Å². The number of anilines is 2. The molecular weight excluding hydrogens is 559 g/mol. The number of hydrogen-bond acceptors (Lipinski definition) is 8. The van der Waals surface area contributed by atoms with E-state index in [-0.39, 0.29) is 36.5 Å². The average molecular weight is 574 g/mol. The molecule has 0 aliphatic heterocycles. The fraction of sp³-hybridized carbons (Fsp3) is 0.0952. The Morgan fingerprint density at radius 3 is 2.46 bits per heavy atom. The van der Waals surface area contributed by atoms with Crippen LogP contribution in [0, 0.1) is 0 Å². The molecule has 4 aromatic rings. The lowest BCUT2D eigenvalue weighted by Gasteiger charge is -2.13. The SMILES string of the molecule is O=C(Nc1ccc(-n2c(O)c3ccc(NCC(F)(F)F)cc3cc2=O)nc1)NS(=O)(=O)c1ccc(Cl)s1. The highest BCUT2D eigenvalue weighted by atomic mass is 35.5. The van der Waals surface area contributed by atoms with E-state index in [1.54, 1.807) is 0 Å². The van der Waals surface area contributed by atoms with Gasteiger partial charge in [-0.15, -0.1) is 11.3 Å². The van der Waals surface area contributed by atoms with Crippen LogP contribution in [0.25, 0.3) is 16.6 Å². The van der Waals surface area contributed by atoms with Gasteiger partial charge in [0.2, 0.25) is 5.88 Å². The number of aromatic nitrogens is 2. The number of urea groups is 1. The van der Waals surface area contributed by atoms with Gasteiger partial charge in [0.25, 0.3) is 15.6 Å². The van der Waals surface area contributed by atoms with E-state index in [0.29, 0.717) is 0 Å². The molecule has 0 radical (unpaired) electrons. The third-order valence-corrected chi connectivity index (χ3v) is 7.83. The number of nitrogens with one attached hydrogen (secondary N) is 3. The van der Waals surface area contributed by atoms with Crippen molar-refractivity contribution in [2.24, 2.45) is 0 Å². The van der Waals surface area contributed by atoms with Crippen LogP contribution in [0.2, 0.25) is 4.34 Å². The highest BCUT2D eigenvalue weighted by Crippen LogP contribution is 2.28. The number of aromatic hydroxyl groups is 1. The molecule has 37 heavy (non-hydrogen) atoms. The van der Waals surface area contributed by atoms with Crippen molar-refractivity contribution in [1.29, 1.82) is 0 Å². The first-order valence-corrected chi connectivity index (χ1v) is 12.8. The van der Waals surface area contributed by atoms with Crippen molar-refractivity contribution in [2.45, 2.75) is 10.4 Å². The maximum absolute atomic E-state index is 12.6. The number of benzene rings is 1. The summed E-state index contributed by atoms with van der Waals surface area (Å²) in [6.45, 7) is -1.27. The molecule has 0 saturated carbocycles. The van der Waals surface area contributed by atoms with E-state index in [4.69, 9.17) is 11.6 Å². The summed E-state index contributed by atoms with van der Waals surface area (Å²) in [6, 6.07) is 9.23. The maximum atomic E-state index is 12.6. The summed E-state index contributed by atoms with van der Waals surface area (Å²) in [4.78, 5) is 28.8. The number of nitrogens with zero attached hydrogens (tertiary/aromatic N) is 2. The summed E-state index contributed by atoms with van der Waals surface area (Å²) in [5.74, 6) is -0.535. The predicted molar refractivity (Wildman–Crippen MR) is 132 cm³/mol. The number of alkyl halides is 3. The molecule has 4 N–H and O–H groups in total. The van der Waals surface area contributed by atoms with Crippen molar-refractivity contribution in [3.8, 4) is 11.7 Å². The van der Waals surface area contributed by atoms with Gasteiger partial charge in [-0.1, -0.05) is 11.6 Å². The number of fused-ring (bicyclic) bond motifs is 1. The number of rotatable bonds is 6. The van der Waals surface area contributed by atoms with Crippen LogP contribution in [0.5, 0.6) is 5.88 Å². The van der Waals surface area contributed by atoms with Crippen LogP contribution in [-0.4, -0.2) is 41.8 Å². The zero-order chi connectivity index (χ0) is 27.0. The first kappa shape index (κ1) is 26.2. The van der Waals surface area contributed by atoms with Gasteiger partial charge in [0, 0.05) is 17.1 Å². The number of sulfonamides is 1. The van der Waals surface area contributed by atoms with E-state index >= 15 is 0 Å². The summed E-state index contributed by atoms with van der Waals surface area (Å²) in [6.07, 6.45) is -3.30. The van der Waals surface area contributed by atoms with Gasteiger partial charge in [-0.25, -0.2) is 27.5 Å². The number of carbonyl (C=O) groups is 1. The van der Waals surface area contributed by atoms with Crippen LogP contribution >= 0.6 is 22.9 Å². The van der Waals surface area contributed by atoms with Gasteiger partial charge in [-0.2, -0.15) is 13.2 Å². The summed E-state index contributed by atoms with van der Waals surface area (Å²) in [5.41, 5.74) is -0.531. The second-order valence-corrected chi connectivity index (χ2v) is 11.1. The highest BCUT2D eigenvalue weighted by molar-refractivity contribution is 7.92. The topological polar surface area (TPSA) is 142 Å². The standard InChI is InChI=1S/C21H15ClF3N5O5S2/c22-15-4-6-18(36-15)37(34,35)29-20(33)28-13-2-5-16(26-9-13)30-17(31)8-11-7-12(27-10-21(23,24)25)1-3-14(11)19(30)32/h1-9,27,32H,10H2,(H2,28,29,33). The van der Waals surface area contributed by atoms with Crippen molar-refractivity contribution in [3.05, 3.63) is 69.4 Å². The minimum absolute atomic E-state index is 0.0320. The summed E-state index contributed by atoms with van der Waals surface area (Å²) < 4.78 is 64.5. The van der Waals surface area contributed by atoms with Gasteiger partial charge in [-0.05, 0) is 47.9 Å². The fourth-order valence-electron chi connectivity index (χ4n) is 3.21. The Kier molecular flexibility index (Phi) is 7.03. The summed E-state index contributed by atoms with van der Waals surface area (Å²) in [5, 5.41) is 15.5. The molecule has 3 heterocycles. The number of amides is 2. The van der Waals surface area contributed by atoms with Crippen LogP contribution in [0.1, 0.15) is 0 Å². The van der Waals surface area contributed by atoms with Gasteiger partial charge in [-0.3, -0.25) is 4.79 Å². The number of thiophene rings is 1. The third-order valence-electron chi connectivity index (χ3n) is 4.77. The summed E-state index contributed by atoms with van der Waals surface area (Å²) >= 11 is 6.49. The molecular formula is C21H15ClF3N5O5S2. The molecule has 0 fully saturated rings. The Morgan fingerprint density at radius 1 is 1.11 bits per heavy atom. The van der Waals surface area contributed by atoms with E-state index < -0.39 is 40.2 Å². The van der Waals surface area contributed by atoms with E-state index in [9.17, 15) is 36.3 Å². The summed E-state index contributed by atoms with van der Waals surface area (Å²) in [7, 11) is -4.14. The zero-order valence-corrected chi connectivity index (χ0v) is 20.6. The van der Waals surface area contributed by atoms with Crippen LogP contribution in [0.15, 0.2) is 63.7 Å². The monoisotopic (exact) mass is 573 g/mol. The minimum Gasteiger partial charge on any atom is -0.494 e. The fourth-order valence-corrected chi connectivity index (χ4v) is 5.60. The number of halogens is 4. The highest BCUT2D eigenvalue weighted by Gasteiger charge is 2.26. The smallest absolute Gasteiger partial charge is 0.405 e. The Balaban J connectivity index is 1.52. The van der Waals surface area contributed by atoms with Crippen LogP contribution < -0.4 is 20.9 Å². The Bertz CT molecular complexity index is 1650.